The molecule has 0 radical (unpaired) electrons. The van der Waals surface area contributed by atoms with E-state index in [9.17, 15) is 0 Å². The molecular formula is C14H9ClN6. The standard InChI is InChI=1S/C14H9ClN6/c15-12-11-10(5-6-18-12)13(17)21-14(20-11)19-9-3-1-8(7-16)2-4-9/h1-6H,(H3,17,19,20,21). The van der Waals surface area contributed by atoms with Crippen molar-refractivity contribution in [3.63, 3.8) is 0 Å². The van der Waals surface area contributed by atoms with E-state index < -0.39 is 0 Å². The third-order valence-corrected chi connectivity index (χ3v) is 3.15. The molecule has 0 atom stereocenters. The van der Waals surface area contributed by atoms with Crippen LogP contribution >= 0.6 is 11.6 Å². The predicted molar refractivity (Wildman–Crippen MR) is 81.2 cm³/mol. The molecule has 3 N–H and O–H groups in total. The molecule has 102 valence electrons. The van der Waals surface area contributed by atoms with Crippen LogP contribution in [0.25, 0.3) is 10.9 Å². The predicted octanol–water partition coefficient (Wildman–Crippen LogP) is 2.88. The van der Waals surface area contributed by atoms with E-state index >= 15 is 0 Å². The minimum Gasteiger partial charge on any atom is -0.383 e. The largest absolute Gasteiger partial charge is 0.383 e. The second-order valence-electron chi connectivity index (χ2n) is 4.24. The smallest absolute Gasteiger partial charge is 0.229 e. The van der Waals surface area contributed by atoms with Crippen molar-refractivity contribution in [2.24, 2.45) is 0 Å². The van der Waals surface area contributed by atoms with Gasteiger partial charge < -0.3 is 11.1 Å². The zero-order valence-electron chi connectivity index (χ0n) is 10.7. The van der Waals surface area contributed by atoms with Gasteiger partial charge in [-0.05, 0) is 30.3 Å². The van der Waals surface area contributed by atoms with Crippen LogP contribution in [0.2, 0.25) is 5.15 Å². The molecule has 0 fully saturated rings. The molecule has 0 aliphatic carbocycles. The normalized spacial score (nSPS) is 10.3. The van der Waals surface area contributed by atoms with E-state index in [-0.39, 0.29) is 5.15 Å². The van der Waals surface area contributed by atoms with Crippen molar-refractivity contribution in [2.75, 3.05) is 11.1 Å². The van der Waals surface area contributed by atoms with Crippen molar-refractivity contribution >= 4 is 40.0 Å². The summed E-state index contributed by atoms with van der Waals surface area (Å²) < 4.78 is 0. The van der Waals surface area contributed by atoms with Crippen LogP contribution < -0.4 is 11.1 Å². The third kappa shape index (κ3) is 2.55. The molecule has 1 aromatic carbocycles. The van der Waals surface area contributed by atoms with E-state index in [4.69, 9.17) is 22.6 Å². The van der Waals surface area contributed by atoms with Crippen LogP contribution in [-0.2, 0) is 0 Å². The highest BCUT2D eigenvalue weighted by molar-refractivity contribution is 6.34. The first-order chi connectivity index (χ1) is 10.2. The lowest BCUT2D eigenvalue weighted by Gasteiger charge is -2.08. The first-order valence-electron chi connectivity index (χ1n) is 6.02. The summed E-state index contributed by atoms with van der Waals surface area (Å²) in [6.07, 6.45) is 1.55. The fourth-order valence-corrected chi connectivity index (χ4v) is 2.06. The molecule has 0 aliphatic rings. The quantitative estimate of drug-likeness (QED) is 0.705. The number of benzene rings is 1. The number of halogens is 1. The average Bonchev–Trinajstić information content (AvgIpc) is 2.49. The molecule has 3 aromatic rings. The van der Waals surface area contributed by atoms with Gasteiger partial charge in [-0.1, -0.05) is 11.6 Å². The minimum atomic E-state index is 0.268. The van der Waals surface area contributed by atoms with Crippen molar-refractivity contribution in [2.45, 2.75) is 0 Å². The Kier molecular flexibility index (Phi) is 3.26. The van der Waals surface area contributed by atoms with Gasteiger partial charge in [0.25, 0.3) is 0 Å². The first-order valence-corrected chi connectivity index (χ1v) is 6.40. The Balaban J connectivity index is 2.00. The molecule has 0 saturated heterocycles. The van der Waals surface area contributed by atoms with E-state index in [0.29, 0.717) is 28.2 Å². The molecule has 7 heteroatoms. The zero-order chi connectivity index (χ0) is 14.8. The highest BCUT2D eigenvalue weighted by Gasteiger charge is 2.09. The lowest BCUT2D eigenvalue weighted by molar-refractivity contribution is 1.20. The number of rotatable bonds is 2. The van der Waals surface area contributed by atoms with Crippen molar-refractivity contribution in [1.29, 1.82) is 5.26 Å². The molecule has 0 bridgehead atoms. The summed E-state index contributed by atoms with van der Waals surface area (Å²) in [5.74, 6) is 0.639. The Bertz CT molecular complexity index is 854. The highest BCUT2D eigenvalue weighted by Crippen LogP contribution is 2.25. The Morgan fingerprint density at radius 2 is 1.90 bits per heavy atom. The minimum absolute atomic E-state index is 0.268. The van der Waals surface area contributed by atoms with E-state index in [1.165, 1.54) is 0 Å². The van der Waals surface area contributed by atoms with Crippen LogP contribution in [0.5, 0.6) is 0 Å². The number of aromatic nitrogens is 3. The van der Waals surface area contributed by atoms with Crippen molar-refractivity contribution in [3.8, 4) is 6.07 Å². The van der Waals surface area contributed by atoms with Crippen molar-refractivity contribution < 1.29 is 0 Å². The average molecular weight is 297 g/mol. The molecule has 0 unspecified atom stereocenters. The zero-order valence-corrected chi connectivity index (χ0v) is 11.5. The van der Waals surface area contributed by atoms with Gasteiger partial charge >= 0.3 is 0 Å². The molecular weight excluding hydrogens is 288 g/mol. The SMILES string of the molecule is N#Cc1ccc(Nc2nc(N)c3ccnc(Cl)c3n2)cc1. The lowest BCUT2D eigenvalue weighted by atomic mass is 10.2. The molecule has 0 spiro atoms. The van der Waals surface area contributed by atoms with Gasteiger partial charge in [0.2, 0.25) is 5.95 Å². The van der Waals surface area contributed by atoms with Gasteiger partial charge in [0.15, 0.2) is 5.15 Å². The summed E-state index contributed by atoms with van der Waals surface area (Å²) in [6, 6.07) is 10.7. The molecule has 0 amide bonds. The van der Waals surface area contributed by atoms with E-state index in [1.807, 2.05) is 0 Å². The van der Waals surface area contributed by atoms with Gasteiger partial charge in [0, 0.05) is 17.3 Å². The molecule has 3 rings (SSSR count). The fraction of sp³-hybridized carbons (Fsp3) is 0. The number of nitrogens with one attached hydrogen (secondary N) is 1. The van der Waals surface area contributed by atoms with Crippen LogP contribution in [0.1, 0.15) is 5.56 Å². The number of anilines is 3. The topological polar surface area (TPSA) is 101 Å². The summed E-state index contributed by atoms with van der Waals surface area (Å²) in [5, 5.41) is 12.7. The summed E-state index contributed by atoms with van der Waals surface area (Å²) in [4.78, 5) is 12.5. The number of hydrogen-bond acceptors (Lipinski definition) is 6. The molecule has 0 saturated carbocycles. The molecule has 0 aliphatic heterocycles. The number of fused-ring (bicyclic) bond motifs is 1. The van der Waals surface area contributed by atoms with E-state index in [1.54, 1.807) is 36.5 Å². The summed E-state index contributed by atoms with van der Waals surface area (Å²) in [7, 11) is 0. The maximum Gasteiger partial charge on any atom is 0.229 e. The Labute approximate surface area is 125 Å². The molecule has 2 heterocycles. The first kappa shape index (κ1) is 13.1. The number of nitrogens with two attached hydrogens (primary N) is 1. The maximum atomic E-state index is 8.77. The Morgan fingerprint density at radius 3 is 2.62 bits per heavy atom. The van der Waals surface area contributed by atoms with Crippen LogP contribution in [-0.4, -0.2) is 15.0 Å². The van der Waals surface area contributed by atoms with Crippen LogP contribution in [0.4, 0.5) is 17.5 Å². The number of nitrogen functional groups attached to an aromatic ring is 1. The summed E-state index contributed by atoms with van der Waals surface area (Å²) in [5.41, 5.74) is 7.71. The highest BCUT2D eigenvalue weighted by atomic mass is 35.5. The van der Waals surface area contributed by atoms with Gasteiger partial charge in [-0.3, -0.25) is 0 Å². The van der Waals surface area contributed by atoms with Crippen LogP contribution in [0.3, 0.4) is 0 Å². The summed E-state index contributed by atoms with van der Waals surface area (Å²) >= 11 is 6.02. The number of nitriles is 1. The summed E-state index contributed by atoms with van der Waals surface area (Å²) in [6.45, 7) is 0. The van der Waals surface area contributed by atoms with Gasteiger partial charge in [-0.15, -0.1) is 0 Å². The second kappa shape index (κ2) is 5.23. The third-order valence-electron chi connectivity index (χ3n) is 2.87. The molecule has 2 aromatic heterocycles. The fourth-order valence-electron chi connectivity index (χ4n) is 1.86. The van der Waals surface area contributed by atoms with Crippen molar-refractivity contribution in [3.05, 3.63) is 47.2 Å². The van der Waals surface area contributed by atoms with Gasteiger partial charge in [-0.2, -0.15) is 10.2 Å². The number of pyridine rings is 1. The van der Waals surface area contributed by atoms with Crippen molar-refractivity contribution in [1.82, 2.24) is 15.0 Å². The second-order valence-corrected chi connectivity index (χ2v) is 4.60. The molecule has 6 nitrogen and oxygen atoms in total. The molecule has 21 heavy (non-hydrogen) atoms. The Morgan fingerprint density at radius 1 is 1.14 bits per heavy atom. The van der Waals surface area contributed by atoms with E-state index in [2.05, 4.69) is 26.3 Å². The maximum absolute atomic E-state index is 8.77. The van der Waals surface area contributed by atoms with Gasteiger partial charge in [0.1, 0.15) is 11.3 Å². The van der Waals surface area contributed by atoms with Crippen LogP contribution in [0, 0.1) is 11.3 Å². The van der Waals surface area contributed by atoms with Gasteiger partial charge in [0.05, 0.1) is 11.6 Å². The Hall–Kier alpha value is -2.91. The number of nitrogens with zero attached hydrogens (tertiary/aromatic N) is 4. The lowest BCUT2D eigenvalue weighted by Crippen LogP contribution is -2.02. The monoisotopic (exact) mass is 296 g/mol. The van der Waals surface area contributed by atoms with E-state index in [0.717, 1.165) is 5.69 Å². The van der Waals surface area contributed by atoms with Crippen LogP contribution in [0.15, 0.2) is 36.5 Å². The van der Waals surface area contributed by atoms with Gasteiger partial charge in [-0.25, -0.2) is 9.97 Å². The number of hydrogen-bond donors (Lipinski definition) is 2.